The van der Waals surface area contributed by atoms with Gasteiger partial charge >= 0.3 is 0 Å². The Morgan fingerprint density at radius 1 is 1.28 bits per heavy atom. The van der Waals surface area contributed by atoms with Gasteiger partial charge in [-0.25, -0.2) is 4.98 Å². The van der Waals surface area contributed by atoms with Gasteiger partial charge in [0.15, 0.2) is 5.75 Å². The molecule has 0 amide bonds. The van der Waals surface area contributed by atoms with E-state index in [1.165, 1.54) is 18.6 Å². The van der Waals surface area contributed by atoms with Gasteiger partial charge in [0.1, 0.15) is 11.8 Å². The van der Waals surface area contributed by atoms with Crippen LogP contribution in [0.1, 0.15) is 11.1 Å². The number of nitrogens with two attached hydrogens (primary N) is 1. The van der Waals surface area contributed by atoms with Crippen LogP contribution >= 0.6 is 12.6 Å². The second-order valence-electron chi connectivity index (χ2n) is 5.77. The van der Waals surface area contributed by atoms with Crippen LogP contribution in [0.5, 0.6) is 11.5 Å². The number of hydrogen-bond acceptors (Lipinski definition) is 7. The highest BCUT2D eigenvalue weighted by Crippen LogP contribution is 2.32. The molecule has 144 valence electrons. The third-order valence-corrected chi connectivity index (χ3v) is 4.26. The summed E-state index contributed by atoms with van der Waals surface area (Å²) in [5.74, 6) is 0.0288. The molecule has 0 fully saturated rings. The molecule has 1 aromatic carbocycles. The number of rotatable bonds is 5. The average molecular weight is 405 g/mol. The second kappa shape index (κ2) is 8.99. The summed E-state index contributed by atoms with van der Waals surface area (Å²) in [4.78, 5) is 12.8. The zero-order chi connectivity index (χ0) is 20.8. The van der Waals surface area contributed by atoms with Gasteiger partial charge in [0, 0.05) is 23.7 Å². The molecule has 0 radical (unpaired) electrons. The maximum Gasteiger partial charge on any atom is 0.222 e. The lowest BCUT2D eigenvalue weighted by molar-refractivity contribution is 0.477. The molecule has 0 aliphatic heterocycles. The molecule has 2 heterocycles. The molecule has 0 unspecified atom stereocenters. The summed E-state index contributed by atoms with van der Waals surface area (Å²) in [6.45, 7) is 0. The van der Waals surface area contributed by atoms with Gasteiger partial charge in [-0.1, -0.05) is 0 Å². The topological polar surface area (TPSA) is 97.2 Å². The molecule has 8 heteroatoms. The molecule has 0 saturated heterocycles. The van der Waals surface area contributed by atoms with Crippen molar-refractivity contribution in [3.63, 3.8) is 0 Å². The number of nitriles is 1. The minimum absolute atomic E-state index is 0.240. The van der Waals surface area contributed by atoms with Crippen molar-refractivity contribution in [3.05, 3.63) is 78.1 Å². The standard InChI is InChI=1S/C21H16FN5OS/c1-25-17(6-7-23)16-10-18(15-3-2-8-26-21(15)22)27-12-20(16)28-19-5-4-14(29)9-13(19)11-24/h2-10,12,29H,23H2,1H3. The van der Waals surface area contributed by atoms with Crippen LogP contribution in [0, 0.1) is 17.3 Å². The molecule has 0 saturated carbocycles. The lowest BCUT2D eigenvalue weighted by Crippen LogP contribution is -2.04. The fraction of sp³-hybridized carbons (Fsp3) is 0.0476. The number of ether oxygens (including phenoxy) is 1. The van der Waals surface area contributed by atoms with Gasteiger partial charge in [-0.15, -0.1) is 12.6 Å². The van der Waals surface area contributed by atoms with Gasteiger partial charge in [-0.2, -0.15) is 9.65 Å². The normalized spacial score (nSPS) is 11.4. The Hall–Kier alpha value is -3.70. The Morgan fingerprint density at radius 3 is 2.79 bits per heavy atom. The molecule has 6 nitrogen and oxygen atoms in total. The van der Waals surface area contributed by atoms with Crippen LogP contribution in [0.4, 0.5) is 4.39 Å². The maximum absolute atomic E-state index is 14.1. The van der Waals surface area contributed by atoms with E-state index in [4.69, 9.17) is 10.5 Å². The number of thiol groups is 1. The van der Waals surface area contributed by atoms with Crippen molar-refractivity contribution in [1.82, 2.24) is 9.97 Å². The Labute approximate surface area is 172 Å². The Balaban J connectivity index is 2.14. The molecule has 2 N–H and O–H groups in total. The predicted molar refractivity (Wildman–Crippen MR) is 112 cm³/mol. The Morgan fingerprint density at radius 2 is 2.10 bits per heavy atom. The predicted octanol–water partition coefficient (Wildman–Crippen LogP) is 4.13. The molecule has 0 aliphatic rings. The van der Waals surface area contributed by atoms with Crippen molar-refractivity contribution >= 4 is 18.3 Å². The summed E-state index contributed by atoms with van der Waals surface area (Å²) in [7, 11) is 1.60. The monoisotopic (exact) mass is 405 g/mol. The highest BCUT2D eigenvalue weighted by atomic mass is 32.1. The van der Waals surface area contributed by atoms with Crippen molar-refractivity contribution < 1.29 is 9.13 Å². The average Bonchev–Trinajstić information content (AvgIpc) is 2.74. The van der Waals surface area contributed by atoms with Gasteiger partial charge in [0.2, 0.25) is 5.95 Å². The first kappa shape index (κ1) is 20.0. The van der Waals surface area contributed by atoms with Gasteiger partial charge in [-0.3, -0.25) is 9.98 Å². The first-order valence-corrected chi connectivity index (χ1v) is 8.89. The minimum atomic E-state index is -0.639. The number of pyridine rings is 2. The van der Waals surface area contributed by atoms with Crippen molar-refractivity contribution in [1.29, 1.82) is 5.26 Å². The van der Waals surface area contributed by atoms with Crippen LogP contribution in [-0.4, -0.2) is 22.7 Å². The zero-order valence-corrected chi connectivity index (χ0v) is 16.3. The van der Waals surface area contributed by atoms with Gasteiger partial charge in [0.05, 0.1) is 28.7 Å². The lowest BCUT2D eigenvalue weighted by atomic mass is 10.1. The van der Waals surface area contributed by atoms with Gasteiger partial charge < -0.3 is 10.5 Å². The summed E-state index contributed by atoms with van der Waals surface area (Å²) in [6.07, 6.45) is 5.74. The maximum atomic E-state index is 14.1. The molecule has 3 aromatic rings. The van der Waals surface area contributed by atoms with Gasteiger partial charge in [0.25, 0.3) is 0 Å². The summed E-state index contributed by atoms with van der Waals surface area (Å²) >= 11 is 4.24. The van der Waals surface area contributed by atoms with Crippen LogP contribution in [0.3, 0.4) is 0 Å². The van der Waals surface area contributed by atoms with E-state index in [9.17, 15) is 9.65 Å². The zero-order valence-electron chi connectivity index (χ0n) is 15.4. The van der Waals surface area contributed by atoms with E-state index in [1.807, 2.05) is 0 Å². The lowest BCUT2D eigenvalue weighted by Gasteiger charge is -2.14. The molecule has 0 spiro atoms. The first-order valence-electron chi connectivity index (χ1n) is 8.44. The molecular formula is C21H16FN5OS. The van der Waals surface area contributed by atoms with E-state index in [-0.39, 0.29) is 5.56 Å². The number of aliphatic imine (C=N–C) groups is 1. The van der Waals surface area contributed by atoms with E-state index in [2.05, 4.69) is 33.7 Å². The molecule has 0 bridgehead atoms. The first-order chi connectivity index (χ1) is 14.1. The molecule has 0 atom stereocenters. The van der Waals surface area contributed by atoms with Crippen molar-refractivity contribution in [3.8, 4) is 28.8 Å². The van der Waals surface area contributed by atoms with E-state index in [1.54, 1.807) is 49.5 Å². The summed E-state index contributed by atoms with van der Waals surface area (Å²) in [6, 6.07) is 11.9. The quantitative estimate of drug-likeness (QED) is 0.378. The Kier molecular flexibility index (Phi) is 6.22. The van der Waals surface area contributed by atoms with Crippen LogP contribution < -0.4 is 10.5 Å². The third kappa shape index (κ3) is 4.42. The highest BCUT2D eigenvalue weighted by molar-refractivity contribution is 7.80. The molecular weight excluding hydrogens is 389 g/mol. The van der Waals surface area contributed by atoms with Crippen LogP contribution in [0.25, 0.3) is 11.3 Å². The number of hydrogen-bond donors (Lipinski definition) is 2. The fourth-order valence-electron chi connectivity index (χ4n) is 2.64. The van der Waals surface area contributed by atoms with E-state index < -0.39 is 5.95 Å². The van der Waals surface area contributed by atoms with Crippen molar-refractivity contribution in [2.24, 2.45) is 10.7 Å². The number of halogens is 1. The molecule has 0 aliphatic carbocycles. The highest BCUT2D eigenvalue weighted by Gasteiger charge is 2.16. The fourth-order valence-corrected chi connectivity index (χ4v) is 2.84. The summed E-state index contributed by atoms with van der Waals surface area (Å²) < 4.78 is 20.1. The van der Waals surface area contributed by atoms with Crippen molar-refractivity contribution in [2.45, 2.75) is 4.90 Å². The molecule has 2 aromatic heterocycles. The smallest absolute Gasteiger partial charge is 0.222 e. The van der Waals surface area contributed by atoms with Crippen LogP contribution in [0.15, 0.2) is 71.0 Å². The minimum Gasteiger partial charge on any atom is -0.454 e. The number of nitrogens with zero attached hydrogens (tertiary/aromatic N) is 4. The number of aromatic nitrogens is 2. The van der Waals surface area contributed by atoms with Crippen molar-refractivity contribution in [2.75, 3.05) is 7.05 Å². The van der Waals surface area contributed by atoms with Gasteiger partial charge in [-0.05, 0) is 48.7 Å². The van der Waals surface area contributed by atoms with E-state index in [0.29, 0.717) is 38.9 Å². The number of allylic oxidation sites excluding steroid dienone is 1. The van der Waals surface area contributed by atoms with E-state index in [0.717, 1.165) is 0 Å². The summed E-state index contributed by atoms with van der Waals surface area (Å²) in [5.41, 5.74) is 7.48. The Bertz CT molecular complexity index is 1150. The largest absolute Gasteiger partial charge is 0.454 e. The van der Waals surface area contributed by atoms with Crippen LogP contribution in [-0.2, 0) is 0 Å². The third-order valence-electron chi connectivity index (χ3n) is 3.98. The SMILES string of the molecule is CN=C(C=CN)c1cc(-c2cccnc2F)ncc1Oc1ccc(S)cc1C#N. The number of benzene rings is 1. The molecule has 3 rings (SSSR count). The van der Waals surface area contributed by atoms with E-state index >= 15 is 0 Å². The summed E-state index contributed by atoms with van der Waals surface area (Å²) in [5, 5.41) is 9.37. The van der Waals surface area contributed by atoms with Crippen LogP contribution in [0.2, 0.25) is 0 Å². The molecule has 29 heavy (non-hydrogen) atoms. The second-order valence-corrected chi connectivity index (χ2v) is 6.29.